The van der Waals surface area contributed by atoms with Gasteiger partial charge in [0.2, 0.25) is 0 Å². The number of benzene rings is 2. The van der Waals surface area contributed by atoms with Gasteiger partial charge in [0, 0.05) is 17.9 Å². The number of fused-ring (bicyclic) bond motifs is 2. The molecule has 0 spiro atoms. The standard InChI is InChI=1S/C28H30BNO5S/c1-18(2)23-17-36(33,34)27-16-29(32)35-26(28(23)27)13-11-20(24-9-5-6-14-30-24)15-19-10-12-25(31)22-8-4-3-7-21(19)22/h3-10,12,14-15,18,26-27,31-32H,11,13,16-17H2,1-2H3/b20-15-/t26-,27+/m1/s1. The summed E-state index contributed by atoms with van der Waals surface area (Å²) in [4.78, 5) is 4.57. The third-order valence-electron chi connectivity index (χ3n) is 7.22. The second kappa shape index (κ2) is 9.84. The van der Waals surface area contributed by atoms with Crippen LogP contribution < -0.4 is 0 Å². The molecular weight excluding hydrogens is 473 g/mol. The third kappa shape index (κ3) is 4.73. The molecule has 3 aromatic rings. The topological polar surface area (TPSA) is 96.7 Å². The molecule has 1 fully saturated rings. The molecule has 2 aromatic carbocycles. The molecule has 1 aromatic heterocycles. The van der Waals surface area contributed by atoms with Crippen molar-refractivity contribution in [1.29, 1.82) is 0 Å². The molecule has 5 rings (SSSR count). The largest absolute Gasteiger partial charge is 0.507 e. The Hall–Kier alpha value is -2.94. The fraction of sp³-hybridized carbons (Fsp3) is 0.321. The van der Waals surface area contributed by atoms with Crippen molar-refractivity contribution in [2.45, 2.75) is 44.4 Å². The van der Waals surface area contributed by atoms with Crippen LogP contribution in [0.3, 0.4) is 0 Å². The molecular formula is C28H30BNO5S. The van der Waals surface area contributed by atoms with E-state index in [4.69, 9.17) is 4.65 Å². The first-order valence-corrected chi connectivity index (χ1v) is 14.1. The molecule has 0 radical (unpaired) electrons. The van der Waals surface area contributed by atoms with E-state index in [0.717, 1.165) is 38.7 Å². The van der Waals surface area contributed by atoms with E-state index in [0.29, 0.717) is 12.8 Å². The Morgan fingerprint density at radius 2 is 1.89 bits per heavy atom. The summed E-state index contributed by atoms with van der Waals surface area (Å²) in [6, 6.07) is 17.0. The molecule has 0 saturated carbocycles. The van der Waals surface area contributed by atoms with E-state index in [9.17, 15) is 18.5 Å². The molecule has 186 valence electrons. The molecule has 3 heterocycles. The normalized spacial score (nSPS) is 21.9. The van der Waals surface area contributed by atoms with Gasteiger partial charge in [0.15, 0.2) is 9.84 Å². The number of sulfone groups is 1. The molecule has 0 unspecified atom stereocenters. The third-order valence-corrected chi connectivity index (χ3v) is 9.25. The highest BCUT2D eigenvalue weighted by atomic mass is 32.2. The fourth-order valence-electron chi connectivity index (χ4n) is 5.45. The number of pyridine rings is 1. The smallest absolute Gasteiger partial charge is 0.456 e. The SMILES string of the molecule is CC(C)C1=C2[C@@H](CC/C(=C/c3ccc(O)c4ccccc34)c3ccccn3)OB(O)C[C@@H]2S(=O)(=O)C1. The Morgan fingerprint density at radius 1 is 1.14 bits per heavy atom. The Kier molecular flexibility index (Phi) is 6.77. The van der Waals surface area contributed by atoms with Crippen molar-refractivity contribution >= 4 is 39.4 Å². The molecule has 2 aliphatic rings. The van der Waals surface area contributed by atoms with E-state index < -0.39 is 28.3 Å². The van der Waals surface area contributed by atoms with Crippen LogP contribution in [0.25, 0.3) is 22.4 Å². The van der Waals surface area contributed by atoms with Gasteiger partial charge in [-0.2, -0.15) is 0 Å². The van der Waals surface area contributed by atoms with Gasteiger partial charge in [-0.05, 0) is 70.7 Å². The number of hydrogen-bond acceptors (Lipinski definition) is 6. The van der Waals surface area contributed by atoms with Gasteiger partial charge in [-0.15, -0.1) is 0 Å². The zero-order valence-corrected chi connectivity index (χ0v) is 21.3. The first-order chi connectivity index (χ1) is 17.2. The van der Waals surface area contributed by atoms with Crippen molar-refractivity contribution in [1.82, 2.24) is 4.98 Å². The molecule has 1 saturated heterocycles. The maximum Gasteiger partial charge on any atom is 0.456 e. The van der Waals surface area contributed by atoms with E-state index >= 15 is 0 Å². The summed E-state index contributed by atoms with van der Waals surface area (Å²) in [5.41, 5.74) is 4.51. The van der Waals surface area contributed by atoms with Gasteiger partial charge in [-0.1, -0.05) is 50.2 Å². The first-order valence-electron chi connectivity index (χ1n) is 12.3. The van der Waals surface area contributed by atoms with Gasteiger partial charge in [0.25, 0.3) is 0 Å². The first kappa shape index (κ1) is 24.7. The molecule has 0 amide bonds. The Bertz CT molecular complexity index is 1450. The summed E-state index contributed by atoms with van der Waals surface area (Å²) < 4.78 is 31.8. The van der Waals surface area contributed by atoms with Gasteiger partial charge >= 0.3 is 7.12 Å². The van der Waals surface area contributed by atoms with Crippen LogP contribution in [0.2, 0.25) is 6.32 Å². The molecule has 2 N–H and O–H groups in total. The van der Waals surface area contributed by atoms with Crippen LogP contribution in [0.1, 0.15) is 37.9 Å². The minimum atomic E-state index is -3.34. The quantitative estimate of drug-likeness (QED) is 0.367. The van der Waals surface area contributed by atoms with Crippen molar-refractivity contribution in [3.05, 3.63) is 83.2 Å². The lowest BCUT2D eigenvalue weighted by molar-refractivity contribution is 0.170. The van der Waals surface area contributed by atoms with Crippen LogP contribution in [0.15, 0.2) is 71.9 Å². The zero-order valence-electron chi connectivity index (χ0n) is 20.5. The molecule has 2 atom stereocenters. The van der Waals surface area contributed by atoms with E-state index in [1.54, 1.807) is 12.3 Å². The van der Waals surface area contributed by atoms with Crippen molar-refractivity contribution < 1.29 is 23.2 Å². The summed E-state index contributed by atoms with van der Waals surface area (Å²) in [7, 11) is -4.44. The summed E-state index contributed by atoms with van der Waals surface area (Å²) in [5, 5.41) is 21.7. The summed E-state index contributed by atoms with van der Waals surface area (Å²) >= 11 is 0. The van der Waals surface area contributed by atoms with E-state index in [2.05, 4.69) is 11.1 Å². The molecule has 0 bridgehead atoms. The van der Waals surface area contributed by atoms with Gasteiger partial charge in [-0.25, -0.2) is 8.42 Å². The number of rotatable bonds is 6. The molecule has 6 nitrogen and oxygen atoms in total. The highest BCUT2D eigenvalue weighted by Crippen LogP contribution is 2.42. The number of phenols is 1. The average molecular weight is 503 g/mol. The second-order valence-electron chi connectivity index (χ2n) is 9.89. The zero-order chi connectivity index (χ0) is 25.4. The van der Waals surface area contributed by atoms with Crippen LogP contribution in [0.5, 0.6) is 5.75 Å². The van der Waals surface area contributed by atoms with Gasteiger partial charge in [0.1, 0.15) is 5.75 Å². The maximum atomic E-state index is 12.9. The highest BCUT2D eigenvalue weighted by molar-refractivity contribution is 7.92. The van der Waals surface area contributed by atoms with Gasteiger partial charge in [0.05, 0.1) is 22.8 Å². The number of aromatic nitrogens is 1. The second-order valence-corrected chi connectivity index (χ2v) is 12.1. The number of aromatic hydroxyl groups is 1. The Morgan fingerprint density at radius 3 is 2.61 bits per heavy atom. The highest BCUT2D eigenvalue weighted by Gasteiger charge is 2.48. The van der Waals surface area contributed by atoms with Crippen molar-refractivity contribution in [2.75, 3.05) is 5.75 Å². The lowest BCUT2D eigenvalue weighted by atomic mass is 9.73. The van der Waals surface area contributed by atoms with Gasteiger partial charge in [-0.3, -0.25) is 4.98 Å². The minimum absolute atomic E-state index is 0.0414. The lowest BCUT2D eigenvalue weighted by Gasteiger charge is -2.32. The van der Waals surface area contributed by atoms with E-state index in [1.165, 1.54) is 0 Å². The number of allylic oxidation sites excluding steroid dienone is 1. The van der Waals surface area contributed by atoms with Crippen molar-refractivity contribution in [3.8, 4) is 5.75 Å². The maximum absolute atomic E-state index is 12.9. The summed E-state index contributed by atoms with van der Waals surface area (Å²) in [6.07, 6.45) is 4.53. The fourth-order valence-corrected chi connectivity index (χ4v) is 7.73. The monoisotopic (exact) mass is 503 g/mol. The molecule has 2 aliphatic heterocycles. The van der Waals surface area contributed by atoms with E-state index in [-0.39, 0.29) is 23.7 Å². The molecule has 8 heteroatoms. The average Bonchev–Trinajstić information content (AvgIpc) is 3.14. The minimum Gasteiger partial charge on any atom is -0.507 e. The van der Waals surface area contributed by atoms with Crippen LogP contribution >= 0.6 is 0 Å². The van der Waals surface area contributed by atoms with E-state index in [1.807, 2.05) is 62.4 Å². The molecule has 0 aliphatic carbocycles. The number of hydrogen-bond donors (Lipinski definition) is 2. The van der Waals surface area contributed by atoms with Crippen molar-refractivity contribution in [3.63, 3.8) is 0 Å². The van der Waals surface area contributed by atoms with Crippen LogP contribution in [0.4, 0.5) is 0 Å². The predicted molar refractivity (Wildman–Crippen MR) is 144 cm³/mol. The summed E-state index contributed by atoms with van der Waals surface area (Å²) in [5.74, 6) is 0.364. The Labute approximate surface area is 212 Å². The molecule has 36 heavy (non-hydrogen) atoms. The summed E-state index contributed by atoms with van der Waals surface area (Å²) in [6.45, 7) is 4.02. The van der Waals surface area contributed by atoms with Crippen LogP contribution in [0, 0.1) is 5.92 Å². The van der Waals surface area contributed by atoms with Crippen LogP contribution in [-0.2, 0) is 14.5 Å². The number of nitrogens with zero attached hydrogens (tertiary/aromatic N) is 1. The van der Waals surface area contributed by atoms with Gasteiger partial charge < -0.3 is 14.8 Å². The number of phenolic OH excluding ortho intramolecular Hbond substituents is 1. The predicted octanol–water partition coefficient (Wildman–Crippen LogP) is 4.89. The van der Waals surface area contributed by atoms with Crippen molar-refractivity contribution in [2.24, 2.45) is 5.92 Å². The van der Waals surface area contributed by atoms with Crippen LogP contribution in [-0.4, -0.2) is 47.8 Å². The Balaban J connectivity index is 1.53. The lowest BCUT2D eigenvalue weighted by Crippen LogP contribution is -2.42.